The van der Waals surface area contributed by atoms with Crippen LogP contribution in [0.25, 0.3) is 22.1 Å². The zero-order valence-electron chi connectivity index (χ0n) is 14.6. The molecule has 2 heterocycles. The molecule has 7 heteroatoms. The van der Waals surface area contributed by atoms with E-state index in [-0.39, 0.29) is 6.09 Å². The van der Waals surface area contributed by atoms with Crippen molar-refractivity contribution in [2.75, 3.05) is 26.3 Å². The normalized spacial score (nSPS) is 14.5. The van der Waals surface area contributed by atoms with Crippen LogP contribution in [-0.4, -0.2) is 37.3 Å². The Bertz CT molecular complexity index is 979. The summed E-state index contributed by atoms with van der Waals surface area (Å²) in [5, 5.41) is 1.39. The molecular weight excluding hydrogens is 368 g/mol. The highest BCUT2D eigenvalue weighted by molar-refractivity contribution is 6.35. The first-order valence-corrected chi connectivity index (χ1v) is 9.09. The van der Waals surface area contributed by atoms with Gasteiger partial charge in [-0.1, -0.05) is 23.7 Å². The van der Waals surface area contributed by atoms with Crippen LogP contribution in [0.3, 0.4) is 0 Å². The van der Waals surface area contributed by atoms with E-state index in [1.807, 2.05) is 36.4 Å². The van der Waals surface area contributed by atoms with Crippen LogP contribution in [0.5, 0.6) is 5.75 Å². The van der Waals surface area contributed by atoms with Crippen molar-refractivity contribution in [3.8, 4) is 16.9 Å². The maximum Gasteiger partial charge on any atom is 0.415 e. The molecule has 0 spiro atoms. The van der Waals surface area contributed by atoms with Crippen LogP contribution >= 0.6 is 11.6 Å². The minimum atomic E-state index is -0.369. The molecule has 3 aromatic rings. The molecule has 0 saturated carbocycles. The second kappa shape index (κ2) is 7.60. The Morgan fingerprint density at radius 2 is 1.96 bits per heavy atom. The summed E-state index contributed by atoms with van der Waals surface area (Å²) in [4.78, 5) is 13.9. The maximum atomic E-state index is 12.3. The Morgan fingerprint density at radius 1 is 1.15 bits per heavy atom. The molecule has 0 aliphatic carbocycles. The molecule has 0 radical (unpaired) electrons. The molecule has 2 aromatic carbocycles. The monoisotopic (exact) mass is 386 g/mol. The molecule has 1 saturated heterocycles. The fourth-order valence-corrected chi connectivity index (χ4v) is 3.35. The SMILES string of the molecule is NCc1cc2cc(-c3cccc(OC(=O)N4CCOCC4)c3)cc(Cl)c2o1. The van der Waals surface area contributed by atoms with Crippen molar-refractivity contribution in [1.29, 1.82) is 0 Å². The second-order valence-corrected chi connectivity index (χ2v) is 6.70. The Balaban J connectivity index is 1.60. The Morgan fingerprint density at radius 3 is 2.74 bits per heavy atom. The summed E-state index contributed by atoms with van der Waals surface area (Å²) in [5.41, 5.74) is 8.06. The molecule has 0 atom stereocenters. The van der Waals surface area contributed by atoms with E-state index in [0.717, 1.165) is 16.5 Å². The molecule has 140 valence electrons. The van der Waals surface area contributed by atoms with Gasteiger partial charge in [0.05, 0.1) is 24.8 Å². The number of ether oxygens (including phenoxy) is 2. The lowest BCUT2D eigenvalue weighted by Gasteiger charge is -2.25. The van der Waals surface area contributed by atoms with Gasteiger partial charge in [0.1, 0.15) is 11.5 Å². The van der Waals surface area contributed by atoms with E-state index in [4.69, 9.17) is 31.2 Å². The molecular formula is C20H19ClN2O4. The van der Waals surface area contributed by atoms with Crippen LogP contribution in [0.4, 0.5) is 4.79 Å². The van der Waals surface area contributed by atoms with Gasteiger partial charge in [-0.3, -0.25) is 0 Å². The molecule has 27 heavy (non-hydrogen) atoms. The number of benzene rings is 2. The minimum absolute atomic E-state index is 0.313. The summed E-state index contributed by atoms with van der Waals surface area (Å²) in [6.07, 6.45) is -0.369. The summed E-state index contributed by atoms with van der Waals surface area (Å²) in [6.45, 7) is 2.45. The lowest BCUT2D eigenvalue weighted by molar-refractivity contribution is 0.0416. The first kappa shape index (κ1) is 17.9. The number of carbonyl (C=O) groups is 1. The number of morpholine rings is 1. The standard InChI is InChI=1S/C20H19ClN2O4/c21-18-11-14(8-15-10-17(12-22)26-19(15)18)13-2-1-3-16(9-13)27-20(24)23-4-6-25-7-5-23/h1-3,8-11H,4-7,12,22H2. The van der Waals surface area contributed by atoms with Crippen LogP contribution in [0.2, 0.25) is 5.02 Å². The van der Waals surface area contributed by atoms with Crippen molar-refractivity contribution in [2.45, 2.75) is 6.54 Å². The maximum absolute atomic E-state index is 12.3. The van der Waals surface area contributed by atoms with Crippen LogP contribution in [-0.2, 0) is 11.3 Å². The largest absolute Gasteiger partial charge is 0.458 e. The molecule has 2 N–H and O–H groups in total. The minimum Gasteiger partial charge on any atom is -0.458 e. The zero-order chi connectivity index (χ0) is 18.8. The van der Waals surface area contributed by atoms with Crippen molar-refractivity contribution in [3.05, 3.63) is 53.2 Å². The average Bonchev–Trinajstić information content (AvgIpc) is 3.13. The molecule has 4 rings (SSSR count). The first-order valence-electron chi connectivity index (χ1n) is 8.71. The van der Waals surface area contributed by atoms with Gasteiger partial charge in [0.25, 0.3) is 0 Å². The van der Waals surface area contributed by atoms with Gasteiger partial charge in [-0.2, -0.15) is 0 Å². The van der Waals surface area contributed by atoms with Gasteiger partial charge in [0.2, 0.25) is 0 Å². The number of carbonyl (C=O) groups excluding carboxylic acids is 1. The number of fused-ring (bicyclic) bond motifs is 1. The van der Waals surface area contributed by atoms with E-state index < -0.39 is 0 Å². The highest BCUT2D eigenvalue weighted by atomic mass is 35.5. The Labute approximate surface area is 161 Å². The molecule has 1 aliphatic heterocycles. The number of nitrogens with two attached hydrogens (primary N) is 1. The van der Waals surface area contributed by atoms with E-state index >= 15 is 0 Å². The predicted molar refractivity (Wildman–Crippen MR) is 103 cm³/mol. The fourth-order valence-electron chi connectivity index (χ4n) is 3.08. The molecule has 1 aromatic heterocycles. The lowest BCUT2D eigenvalue weighted by atomic mass is 10.0. The number of rotatable bonds is 3. The smallest absolute Gasteiger partial charge is 0.415 e. The first-order chi connectivity index (χ1) is 13.1. The number of nitrogens with zero attached hydrogens (tertiary/aromatic N) is 1. The van der Waals surface area contributed by atoms with Gasteiger partial charge in [0.15, 0.2) is 5.58 Å². The third-order valence-electron chi connectivity index (χ3n) is 4.46. The highest BCUT2D eigenvalue weighted by Crippen LogP contribution is 2.34. The van der Waals surface area contributed by atoms with E-state index in [9.17, 15) is 4.79 Å². The number of amides is 1. The third-order valence-corrected chi connectivity index (χ3v) is 4.75. The van der Waals surface area contributed by atoms with Crippen molar-refractivity contribution in [2.24, 2.45) is 5.73 Å². The molecule has 1 aliphatic rings. The summed E-state index contributed by atoms with van der Waals surface area (Å²) < 4.78 is 16.4. The summed E-state index contributed by atoms with van der Waals surface area (Å²) >= 11 is 6.37. The second-order valence-electron chi connectivity index (χ2n) is 6.29. The molecule has 0 bridgehead atoms. The van der Waals surface area contributed by atoms with E-state index in [1.165, 1.54) is 0 Å². The predicted octanol–water partition coefficient (Wildman–Crippen LogP) is 4.04. The third kappa shape index (κ3) is 3.78. The van der Waals surface area contributed by atoms with Crippen LogP contribution in [0.15, 0.2) is 46.9 Å². The Hall–Kier alpha value is -2.54. The van der Waals surface area contributed by atoms with Crippen LogP contribution < -0.4 is 10.5 Å². The molecule has 0 unspecified atom stereocenters. The number of furan rings is 1. The number of hydrogen-bond donors (Lipinski definition) is 1. The van der Waals surface area contributed by atoms with E-state index in [0.29, 0.717) is 55.0 Å². The fraction of sp³-hybridized carbons (Fsp3) is 0.250. The quantitative estimate of drug-likeness (QED) is 0.734. The molecule has 6 nitrogen and oxygen atoms in total. The number of hydrogen-bond acceptors (Lipinski definition) is 5. The van der Waals surface area contributed by atoms with Gasteiger partial charge in [0, 0.05) is 18.5 Å². The Kier molecular flexibility index (Phi) is 5.03. The topological polar surface area (TPSA) is 77.9 Å². The summed E-state index contributed by atoms with van der Waals surface area (Å²) in [6, 6.07) is 13.0. The van der Waals surface area contributed by atoms with Crippen molar-refractivity contribution in [3.63, 3.8) is 0 Å². The van der Waals surface area contributed by atoms with Gasteiger partial charge in [-0.15, -0.1) is 0 Å². The van der Waals surface area contributed by atoms with E-state index in [1.54, 1.807) is 11.0 Å². The van der Waals surface area contributed by atoms with Crippen LogP contribution in [0.1, 0.15) is 5.76 Å². The van der Waals surface area contributed by atoms with E-state index in [2.05, 4.69) is 0 Å². The molecule has 1 fully saturated rings. The highest BCUT2D eigenvalue weighted by Gasteiger charge is 2.19. The zero-order valence-corrected chi connectivity index (χ0v) is 15.4. The van der Waals surface area contributed by atoms with Crippen molar-refractivity contribution in [1.82, 2.24) is 4.90 Å². The summed E-state index contributed by atoms with van der Waals surface area (Å²) in [7, 11) is 0. The lowest BCUT2D eigenvalue weighted by Crippen LogP contribution is -2.42. The number of halogens is 1. The molecule has 1 amide bonds. The van der Waals surface area contributed by atoms with Gasteiger partial charge in [-0.05, 0) is 41.5 Å². The average molecular weight is 387 g/mol. The summed E-state index contributed by atoms with van der Waals surface area (Å²) in [5.74, 6) is 1.16. The van der Waals surface area contributed by atoms with Gasteiger partial charge in [-0.25, -0.2) is 4.79 Å². The van der Waals surface area contributed by atoms with Crippen molar-refractivity contribution < 1.29 is 18.7 Å². The van der Waals surface area contributed by atoms with Crippen LogP contribution in [0, 0.1) is 0 Å². The van der Waals surface area contributed by atoms with Gasteiger partial charge >= 0.3 is 6.09 Å². The van der Waals surface area contributed by atoms with Crippen molar-refractivity contribution >= 4 is 28.7 Å². The van der Waals surface area contributed by atoms with Gasteiger partial charge < -0.3 is 24.5 Å².